The minimum absolute atomic E-state index is 0.0551. The first-order valence-electron chi connectivity index (χ1n) is 20.3. The number of ether oxygens (including phenoxy) is 4. The van der Waals surface area contributed by atoms with Crippen molar-refractivity contribution in [1.29, 1.82) is 0 Å². The number of amides is 1. The minimum Gasteiger partial charge on any atom is -0.457 e. The van der Waals surface area contributed by atoms with E-state index in [0.29, 0.717) is 47.7 Å². The molecule has 2 spiro atoms. The van der Waals surface area contributed by atoms with Gasteiger partial charge in [-0.2, -0.15) is 0 Å². The summed E-state index contributed by atoms with van der Waals surface area (Å²) in [6, 6.07) is -0.0585. The molecule has 5 aliphatic carbocycles. The van der Waals surface area contributed by atoms with E-state index >= 15 is 0 Å². The summed E-state index contributed by atoms with van der Waals surface area (Å²) in [4.78, 5) is 27.1. The molecule has 0 aromatic heterocycles. The molecule has 5 unspecified atom stereocenters. The fourth-order valence-corrected chi connectivity index (χ4v) is 14.9. The van der Waals surface area contributed by atoms with E-state index in [4.69, 9.17) is 18.9 Å². The first-order chi connectivity index (χ1) is 23.5. The van der Waals surface area contributed by atoms with Crippen LogP contribution in [0.25, 0.3) is 0 Å². The van der Waals surface area contributed by atoms with Crippen molar-refractivity contribution in [2.24, 2.45) is 50.7 Å². The molecule has 8 aliphatic rings. The van der Waals surface area contributed by atoms with Gasteiger partial charge in [0.15, 0.2) is 12.4 Å². The molecule has 1 amide bonds. The Hall–Kier alpha value is -1.26. The van der Waals surface area contributed by atoms with Gasteiger partial charge < -0.3 is 29.4 Å². The predicted molar refractivity (Wildman–Crippen MR) is 189 cm³/mol. The molecule has 8 fully saturated rings. The van der Waals surface area contributed by atoms with Crippen molar-refractivity contribution < 1.29 is 33.6 Å². The first kappa shape index (κ1) is 35.8. The third-order valence-electron chi connectivity index (χ3n) is 17.1. The molecule has 0 radical (unpaired) electrons. The van der Waals surface area contributed by atoms with Crippen molar-refractivity contribution in [3.8, 4) is 0 Å². The number of aliphatic hydroxyl groups is 1. The summed E-state index contributed by atoms with van der Waals surface area (Å²) in [6.07, 6.45) is 11.7. The smallest absolute Gasteiger partial charge is 0.303 e. The van der Waals surface area contributed by atoms with E-state index in [1.807, 2.05) is 0 Å². The molecule has 50 heavy (non-hydrogen) atoms. The lowest BCUT2D eigenvalue weighted by Crippen LogP contribution is -2.59. The molecule has 0 aromatic rings. The van der Waals surface area contributed by atoms with Crippen LogP contribution in [0.3, 0.4) is 0 Å². The van der Waals surface area contributed by atoms with Crippen molar-refractivity contribution >= 4 is 11.9 Å². The van der Waals surface area contributed by atoms with Crippen molar-refractivity contribution in [3.63, 3.8) is 0 Å². The quantitative estimate of drug-likeness (QED) is 0.333. The molecule has 3 saturated heterocycles. The average molecular weight is 699 g/mol. The number of esters is 1. The lowest BCUT2D eigenvalue weighted by molar-refractivity contribution is -0.249. The largest absolute Gasteiger partial charge is 0.457 e. The number of carbonyl (C=O) groups is 2. The standard InChI is InChI=1S/C41H66N2O7/c1-24-20-27(34(37(5,6)46)48-25(2)44)49-28-21-39(8)30-12-11-29-36(3,4)31(13-14-40(29)23-41(30,40)16-15-38(39,7)33(24)28)50-32-22-43(18-19-47-32)26-10-9-17-42-35(26)45/h24,26-34,46H,9-23H2,1-8H3,(H,42,45)/t24-,26+,27?,28?,29?,30+,31+,32?,33?,34+,38-,39+,40-,41+/m1/s1. The van der Waals surface area contributed by atoms with Crippen molar-refractivity contribution in [2.75, 3.05) is 26.2 Å². The van der Waals surface area contributed by atoms with Crippen LogP contribution in [0, 0.1) is 50.7 Å². The number of nitrogens with zero attached hydrogens (tertiary/aromatic N) is 1. The van der Waals surface area contributed by atoms with Gasteiger partial charge in [-0.05, 0) is 135 Å². The maximum absolute atomic E-state index is 12.7. The molecule has 0 bridgehead atoms. The number of carbonyl (C=O) groups excluding carboxylic acids is 2. The lowest BCUT2D eigenvalue weighted by atomic mass is 9.41. The molecule has 3 heterocycles. The van der Waals surface area contributed by atoms with Gasteiger partial charge in [0.05, 0.1) is 43.1 Å². The Morgan fingerprint density at radius 3 is 2.50 bits per heavy atom. The molecular formula is C41H66N2O7. The molecule has 5 saturated carbocycles. The lowest BCUT2D eigenvalue weighted by Gasteiger charge is -2.63. The van der Waals surface area contributed by atoms with Crippen LogP contribution in [0.4, 0.5) is 0 Å². The zero-order valence-corrected chi connectivity index (χ0v) is 32.2. The van der Waals surface area contributed by atoms with E-state index in [1.165, 1.54) is 45.4 Å². The Bertz CT molecular complexity index is 1360. The van der Waals surface area contributed by atoms with Gasteiger partial charge in [-0.25, -0.2) is 0 Å². The van der Waals surface area contributed by atoms with E-state index < -0.39 is 11.7 Å². The van der Waals surface area contributed by atoms with E-state index in [2.05, 4.69) is 44.8 Å². The van der Waals surface area contributed by atoms with Gasteiger partial charge in [0.2, 0.25) is 5.91 Å². The van der Waals surface area contributed by atoms with E-state index in [1.54, 1.807) is 13.8 Å². The maximum Gasteiger partial charge on any atom is 0.303 e. The topological polar surface area (TPSA) is 107 Å². The van der Waals surface area contributed by atoms with Crippen molar-refractivity contribution in [3.05, 3.63) is 0 Å². The summed E-state index contributed by atoms with van der Waals surface area (Å²) < 4.78 is 25.9. The Labute approximate surface area is 300 Å². The molecular weight excluding hydrogens is 632 g/mol. The van der Waals surface area contributed by atoms with Crippen LogP contribution in [0.15, 0.2) is 0 Å². The summed E-state index contributed by atoms with van der Waals surface area (Å²) in [7, 11) is 0. The Kier molecular flexibility index (Phi) is 8.49. The highest BCUT2D eigenvalue weighted by Crippen LogP contribution is 2.89. The number of nitrogens with one attached hydrogen (secondary N) is 1. The summed E-state index contributed by atoms with van der Waals surface area (Å²) in [5, 5.41) is 14.1. The Balaban J connectivity index is 0.988. The number of morpholine rings is 1. The molecule has 9 heteroatoms. The van der Waals surface area contributed by atoms with Crippen LogP contribution in [0.1, 0.15) is 126 Å². The summed E-state index contributed by atoms with van der Waals surface area (Å²) in [5.41, 5.74) is 0.0751. The number of hydrogen-bond donors (Lipinski definition) is 2. The zero-order valence-electron chi connectivity index (χ0n) is 32.2. The minimum atomic E-state index is -1.17. The number of fused-ring (bicyclic) bond motifs is 4. The highest BCUT2D eigenvalue weighted by Gasteiger charge is 2.83. The zero-order chi connectivity index (χ0) is 35.6. The summed E-state index contributed by atoms with van der Waals surface area (Å²) >= 11 is 0. The van der Waals surface area contributed by atoms with Gasteiger partial charge in [0.25, 0.3) is 0 Å². The van der Waals surface area contributed by atoms with Crippen LogP contribution in [-0.4, -0.2) is 90.5 Å². The van der Waals surface area contributed by atoms with E-state index in [0.717, 1.165) is 45.2 Å². The third kappa shape index (κ3) is 5.08. The van der Waals surface area contributed by atoms with E-state index in [9.17, 15) is 14.7 Å². The molecule has 0 aromatic carbocycles. The normalized spacial score (nSPS) is 50.4. The molecule has 3 aliphatic heterocycles. The first-order valence-corrected chi connectivity index (χ1v) is 20.3. The van der Waals surface area contributed by atoms with Crippen LogP contribution in [0.5, 0.6) is 0 Å². The van der Waals surface area contributed by atoms with Gasteiger partial charge in [-0.15, -0.1) is 0 Å². The fraction of sp³-hybridized carbons (Fsp3) is 0.951. The SMILES string of the molecule is CC(=O)O[C@@H](C1C[C@@H](C)C2C(C[C@@]3(C)[C@@H]4CCC5C(C)(C)[C@@H](OC6CN([C@H]7CCCNC7=O)CCO6)CC[C@@]56C[C@@]46CC[C@]23C)O1)C(C)(C)O. The second kappa shape index (κ2) is 11.9. The van der Waals surface area contributed by atoms with E-state index in [-0.39, 0.29) is 58.8 Å². The Morgan fingerprint density at radius 1 is 1.04 bits per heavy atom. The fourth-order valence-electron chi connectivity index (χ4n) is 14.9. The third-order valence-corrected chi connectivity index (χ3v) is 17.1. The highest BCUT2D eigenvalue weighted by atomic mass is 16.7. The number of piperidine rings is 1. The highest BCUT2D eigenvalue weighted by molar-refractivity contribution is 5.82. The van der Waals surface area contributed by atoms with Crippen molar-refractivity contribution in [2.45, 2.75) is 168 Å². The monoisotopic (exact) mass is 698 g/mol. The van der Waals surface area contributed by atoms with Crippen LogP contribution in [-0.2, 0) is 28.5 Å². The molecule has 14 atom stereocenters. The number of hydrogen-bond acceptors (Lipinski definition) is 8. The van der Waals surface area contributed by atoms with Gasteiger partial charge >= 0.3 is 5.97 Å². The van der Waals surface area contributed by atoms with Gasteiger partial charge in [0, 0.05) is 20.0 Å². The van der Waals surface area contributed by atoms with Gasteiger partial charge in [-0.3, -0.25) is 14.5 Å². The molecule has 9 nitrogen and oxygen atoms in total. The summed E-state index contributed by atoms with van der Waals surface area (Å²) in [5.74, 6) is 2.03. The molecule has 8 rings (SSSR count). The second-order valence-electron chi connectivity index (χ2n) is 20.1. The van der Waals surface area contributed by atoms with Crippen LogP contribution >= 0.6 is 0 Å². The van der Waals surface area contributed by atoms with Crippen LogP contribution in [0.2, 0.25) is 0 Å². The average Bonchev–Trinajstić information content (AvgIpc) is 3.64. The van der Waals surface area contributed by atoms with Crippen molar-refractivity contribution in [1.82, 2.24) is 10.2 Å². The molecule has 282 valence electrons. The Morgan fingerprint density at radius 2 is 1.78 bits per heavy atom. The predicted octanol–water partition coefficient (Wildman–Crippen LogP) is 5.85. The summed E-state index contributed by atoms with van der Waals surface area (Å²) in [6.45, 7) is 20.4. The molecule has 2 N–H and O–H groups in total. The van der Waals surface area contributed by atoms with Gasteiger partial charge in [0.1, 0.15) is 0 Å². The van der Waals surface area contributed by atoms with Gasteiger partial charge in [-0.1, -0.05) is 34.6 Å². The van der Waals surface area contributed by atoms with Crippen LogP contribution < -0.4 is 5.32 Å². The maximum atomic E-state index is 12.7. The number of rotatable bonds is 6. The second-order valence-corrected chi connectivity index (χ2v) is 20.1.